The number of rotatable bonds is 9. The van der Waals surface area contributed by atoms with Crippen LogP contribution in [0.4, 0.5) is 5.00 Å². The van der Waals surface area contributed by atoms with Crippen LogP contribution in [0.5, 0.6) is 0 Å². The second kappa shape index (κ2) is 11.0. The molecule has 1 aromatic carbocycles. The smallest absolute Gasteiger partial charge is 0.235 e. The quantitative estimate of drug-likeness (QED) is 0.354. The topological polar surface area (TPSA) is 83.6 Å². The van der Waals surface area contributed by atoms with Gasteiger partial charge in [-0.2, -0.15) is 5.26 Å². The van der Waals surface area contributed by atoms with E-state index >= 15 is 0 Å². The van der Waals surface area contributed by atoms with Gasteiger partial charge in [-0.15, -0.1) is 21.5 Å². The van der Waals surface area contributed by atoms with Crippen LogP contribution in [0.1, 0.15) is 67.9 Å². The maximum atomic E-state index is 12.8. The molecule has 1 amide bonds. The van der Waals surface area contributed by atoms with Crippen LogP contribution in [-0.4, -0.2) is 26.4 Å². The Morgan fingerprint density at radius 3 is 2.74 bits per heavy atom. The lowest BCUT2D eigenvalue weighted by Crippen LogP contribution is -2.28. The van der Waals surface area contributed by atoms with Crippen molar-refractivity contribution < 1.29 is 4.79 Å². The van der Waals surface area contributed by atoms with Crippen molar-refractivity contribution in [1.82, 2.24) is 14.8 Å². The van der Waals surface area contributed by atoms with Crippen LogP contribution < -0.4 is 5.32 Å². The van der Waals surface area contributed by atoms with E-state index in [9.17, 15) is 10.1 Å². The van der Waals surface area contributed by atoms with Crippen molar-refractivity contribution in [2.45, 2.75) is 71.5 Å². The van der Waals surface area contributed by atoms with Crippen molar-refractivity contribution >= 4 is 34.0 Å². The summed E-state index contributed by atoms with van der Waals surface area (Å²) in [5.41, 5.74) is 3.25. The van der Waals surface area contributed by atoms with Gasteiger partial charge in [-0.05, 0) is 48.6 Å². The normalized spacial score (nSPS) is 15.5. The van der Waals surface area contributed by atoms with Crippen LogP contribution in [0.15, 0.2) is 35.5 Å². The lowest BCUT2D eigenvalue weighted by Gasteiger charge is -2.36. The van der Waals surface area contributed by atoms with Gasteiger partial charge in [0.15, 0.2) is 5.16 Å². The first kappa shape index (κ1) is 25.5. The molecule has 0 fully saturated rings. The molecule has 1 N–H and O–H groups in total. The summed E-state index contributed by atoms with van der Waals surface area (Å²) in [6.45, 7) is 9.72. The molecule has 35 heavy (non-hydrogen) atoms. The number of fused-ring (bicyclic) bond motifs is 1. The van der Waals surface area contributed by atoms with Crippen LogP contribution in [0, 0.1) is 22.7 Å². The van der Waals surface area contributed by atoms with Crippen molar-refractivity contribution in [2.24, 2.45) is 11.3 Å². The largest absolute Gasteiger partial charge is 0.316 e. The summed E-state index contributed by atoms with van der Waals surface area (Å²) in [5, 5.41) is 23.0. The van der Waals surface area contributed by atoms with Gasteiger partial charge < -0.3 is 9.88 Å². The van der Waals surface area contributed by atoms with E-state index in [0.717, 1.165) is 48.8 Å². The summed E-state index contributed by atoms with van der Waals surface area (Å²) in [4.78, 5) is 14.1. The number of hydrogen-bond acceptors (Lipinski definition) is 6. The summed E-state index contributed by atoms with van der Waals surface area (Å²) >= 11 is 2.97. The zero-order chi connectivity index (χ0) is 25.0. The SMILES string of the molecule is CCn1c(Cc2ccccc2)nnc1SCC(=O)Nc1sc2c(c1C#N)CC[C@@H](C(C)(C)CC)C2. The van der Waals surface area contributed by atoms with E-state index in [2.05, 4.69) is 66.0 Å². The monoisotopic (exact) mass is 507 g/mol. The van der Waals surface area contributed by atoms with Gasteiger partial charge in [-0.3, -0.25) is 4.79 Å². The Bertz CT molecular complexity index is 1220. The summed E-state index contributed by atoms with van der Waals surface area (Å²) in [5.74, 6) is 1.60. The van der Waals surface area contributed by atoms with E-state index in [1.807, 2.05) is 18.2 Å². The zero-order valence-corrected chi connectivity index (χ0v) is 22.6. The lowest BCUT2D eigenvalue weighted by atomic mass is 9.69. The van der Waals surface area contributed by atoms with Crippen molar-refractivity contribution in [1.29, 1.82) is 5.26 Å². The van der Waals surface area contributed by atoms with Gasteiger partial charge in [-0.25, -0.2) is 0 Å². The second-order valence-electron chi connectivity index (χ2n) is 9.74. The fourth-order valence-electron chi connectivity index (χ4n) is 4.69. The maximum absolute atomic E-state index is 12.8. The molecular formula is C27H33N5OS2. The van der Waals surface area contributed by atoms with Crippen LogP contribution in [0.3, 0.4) is 0 Å². The number of amides is 1. The minimum absolute atomic E-state index is 0.120. The maximum Gasteiger partial charge on any atom is 0.235 e. The molecule has 8 heteroatoms. The van der Waals surface area contributed by atoms with Gasteiger partial charge in [0.25, 0.3) is 0 Å². The third-order valence-corrected chi connectivity index (χ3v) is 9.43. The highest BCUT2D eigenvalue weighted by Crippen LogP contribution is 2.45. The highest BCUT2D eigenvalue weighted by molar-refractivity contribution is 7.99. The Labute approximate surface area is 216 Å². The van der Waals surface area contributed by atoms with Gasteiger partial charge in [0.1, 0.15) is 16.9 Å². The van der Waals surface area contributed by atoms with E-state index in [0.29, 0.717) is 22.9 Å². The number of anilines is 1. The van der Waals surface area contributed by atoms with Crippen molar-refractivity contribution in [2.75, 3.05) is 11.1 Å². The van der Waals surface area contributed by atoms with Crippen LogP contribution in [0.2, 0.25) is 0 Å². The second-order valence-corrected chi connectivity index (χ2v) is 11.8. The van der Waals surface area contributed by atoms with Crippen LogP contribution >= 0.6 is 23.1 Å². The highest BCUT2D eigenvalue weighted by atomic mass is 32.2. The summed E-state index contributed by atoms with van der Waals surface area (Å²) in [6.07, 6.45) is 4.85. The number of hydrogen-bond donors (Lipinski definition) is 1. The summed E-state index contributed by atoms with van der Waals surface area (Å²) in [7, 11) is 0. The molecule has 0 radical (unpaired) electrons. The molecule has 3 aromatic rings. The average molecular weight is 508 g/mol. The van der Waals surface area contributed by atoms with E-state index in [-0.39, 0.29) is 17.1 Å². The fraction of sp³-hybridized carbons (Fsp3) is 0.481. The summed E-state index contributed by atoms with van der Waals surface area (Å²) in [6, 6.07) is 12.5. The number of thioether (sulfide) groups is 1. The molecule has 0 aliphatic heterocycles. The van der Waals surface area contributed by atoms with Crippen LogP contribution in [-0.2, 0) is 30.6 Å². The number of nitrogens with zero attached hydrogens (tertiary/aromatic N) is 4. The Balaban J connectivity index is 1.41. The van der Waals surface area contributed by atoms with E-state index in [4.69, 9.17) is 0 Å². The average Bonchev–Trinajstić information content (AvgIpc) is 3.42. The minimum atomic E-state index is -0.120. The third-order valence-electron chi connectivity index (χ3n) is 7.29. The highest BCUT2D eigenvalue weighted by Gasteiger charge is 2.34. The van der Waals surface area contributed by atoms with Crippen molar-refractivity contribution in [3.8, 4) is 6.07 Å². The number of benzene rings is 1. The first-order chi connectivity index (χ1) is 16.9. The van der Waals surface area contributed by atoms with E-state index < -0.39 is 0 Å². The van der Waals surface area contributed by atoms with Crippen molar-refractivity contribution in [3.63, 3.8) is 0 Å². The Morgan fingerprint density at radius 2 is 2.06 bits per heavy atom. The molecule has 4 rings (SSSR count). The standard InChI is InChI=1S/C27H33N5OS2/c1-5-27(3,4)19-12-13-20-21(16-28)25(35-22(20)15-19)29-24(33)17-34-26-31-30-23(32(26)6-2)14-18-10-8-7-9-11-18/h7-11,19H,5-6,12-15,17H2,1-4H3,(H,29,33)/t19-/m1/s1. The molecule has 0 bridgehead atoms. The number of carbonyl (C=O) groups is 1. The Morgan fingerprint density at radius 1 is 1.29 bits per heavy atom. The van der Waals surface area contributed by atoms with E-state index in [1.54, 1.807) is 11.3 Å². The molecule has 2 aromatic heterocycles. The Kier molecular flexibility index (Phi) is 7.98. The lowest BCUT2D eigenvalue weighted by molar-refractivity contribution is -0.113. The molecular weight excluding hydrogens is 474 g/mol. The summed E-state index contributed by atoms with van der Waals surface area (Å²) < 4.78 is 2.06. The number of carbonyl (C=O) groups excluding carboxylic acids is 1. The van der Waals surface area contributed by atoms with E-state index in [1.165, 1.54) is 22.2 Å². The van der Waals surface area contributed by atoms with Gasteiger partial charge in [0.2, 0.25) is 5.91 Å². The number of nitrogens with one attached hydrogen (secondary N) is 1. The third kappa shape index (κ3) is 5.62. The molecule has 0 saturated heterocycles. The van der Waals surface area contributed by atoms with Crippen molar-refractivity contribution in [3.05, 3.63) is 57.7 Å². The van der Waals surface area contributed by atoms with Gasteiger partial charge in [0.05, 0.1) is 11.3 Å². The fourth-order valence-corrected chi connectivity index (χ4v) is 6.81. The van der Waals surface area contributed by atoms with Gasteiger partial charge in [0, 0.05) is 17.8 Å². The van der Waals surface area contributed by atoms with Gasteiger partial charge >= 0.3 is 0 Å². The molecule has 1 aliphatic carbocycles. The molecule has 1 atom stereocenters. The zero-order valence-electron chi connectivity index (χ0n) is 20.9. The predicted molar refractivity (Wildman–Crippen MR) is 143 cm³/mol. The first-order valence-electron chi connectivity index (χ1n) is 12.3. The molecule has 2 heterocycles. The Hall–Kier alpha value is -2.63. The molecule has 0 saturated carbocycles. The number of aromatic nitrogens is 3. The van der Waals surface area contributed by atoms with Crippen LogP contribution in [0.25, 0.3) is 0 Å². The first-order valence-corrected chi connectivity index (χ1v) is 14.1. The number of thiophene rings is 1. The minimum Gasteiger partial charge on any atom is -0.316 e. The molecule has 184 valence electrons. The molecule has 1 aliphatic rings. The number of nitriles is 1. The van der Waals surface area contributed by atoms with Gasteiger partial charge in [-0.1, -0.05) is 69.3 Å². The molecule has 0 spiro atoms. The molecule has 6 nitrogen and oxygen atoms in total. The molecule has 0 unspecified atom stereocenters. The predicted octanol–water partition coefficient (Wildman–Crippen LogP) is 6.09.